The maximum atomic E-state index is 10.7. The van der Waals surface area contributed by atoms with Crippen molar-refractivity contribution < 1.29 is 4.92 Å². The summed E-state index contributed by atoms with van der Waals surface area (Å²) in [6, 6.07) is 0. The number of anilines is 1. The lowest BCUT2D eigenvalue weighted by Crippen LogP contribution is -2.16. The summed E-state index contributed by atoms with van der Waals surface area (Å²) in [4.78, 5) is 10.3. The van der Waals surface area contributed by atoms with Gasteiger partial charge in [0.15, 0.2) is 0 Å². The molecule has 2 rings (SSSR count). The molecule has 0 saturated heterocycles. The molecular weight excluding hydrogens is 208 g/mol. The van der Waals surface area contributed by atoms with Gasteiger partial charge < -0.3 is 5.32 Å². The molecule has 1 saturated carbocycles. The summed E-state index contributed by atoms with van der Waals surface area (Å²) in [5.74, 6) is 1.18. The van der Waals surface area contributed by atoms with E-state index in [2.05, 4.69) is 10.4 Å². The van der Waals surface area contributed by atoms with E-state index >= 15 is 0 Å². The molecule has 0 bridgehead atoms. The zero-order valence-corrected chi connectivity index (χ0v) is 9.35. The normalized spacial score (nSPS) is 15.8. The van der Waals surface area contributed by atoms with Crippen LogP contribution in [0, 0.1) is 16.0 Å². The maximum Gasteiger partial charge on any atom is 0.330 e. The first kappa shape index (κ1) is 10.9. The van der Waals surface area contributed by atoms with E-state index in [1.807, 2.05) is 0 Å². The third kappa shape index (κ3) is 2.32. The van der Waals surface area contributed by atoms with E-state index in [1.54, 1.807) is 7.05 Å². The van der Waals surface area contributed by atoms with Crippen molar-refractivity contribution in [2.75, 3.05) is 11.9 Å². The third-order valence-electron chi connectivity index (χ3n) is 3.08. The molecule has 1 aromatic rings. The Morgan fingerprint density at radius 3 is 3.00 bits per heavy atom. The fourth-order valence-corrected chi connectivity index (χ4v) is 1.91. The van der Waals surface area contributed by atoms with Crippen molar-refractivity contribution in [3.05, 3.63) is 16.3 Å². The van der Waals surface area contributed by atoms with Gasteiger partial charge in [-0.2, -0.15) is 0 Å². The SMILES string of the molecule is Cn1cc([N+](=O)[O-])c(NCCC2CCC2)n1. The van der Waals surface area contributed by atoms with E-state index in [4.69, 9.17) is 0 Å². The predicted molar refractivity (Wildman–Crippen MR) is 60.3 cm³/mol. The topological polar surface area (TPSA) is 73.0 Å². The van der Waals surface area contributed by atoms with Crippen molar-refractivity contribution in [1.82, 2.24) is 9.78 Å². The Morgan fingerprint density at radius 2 is 2.44 bits per heavy atom. The van der Waals surface area contributed by atoms with Crippen molar-refractivity contribution in [2.45, 2.75) is 25.7 Å². The second kappa shape index (κ2) is 4.51. The molecule has 1 aliphatic carbocycles. The van der Waals surface area contributed by atoms with Gasteiger partial charge in [-0.05, 0) is 12.3 Å². The molecule has 1 fully saturated rings. The highest BCUT2D eigenvalue weighted by Gasteiger charge is 2.20. The first-order chi connectivity index (χ1) is 7.66. The van der Waals surface area contributed by atoms with E-state index in [1.165, 1.54) is 30.1 Å². The Bertz CT molecular complexity index is 384. The monoisotopic (exact) mass is 224 g/mol. The van der Waals surface area contributed by atoms with Gasteiger partial charge in [0.1, 0.15) is 6.20 Å². The number of aromatic nitrogens is 2. The number of hydrogen-bond donors (Lipinski definition) is 1. The van der Waals surface area contributed by atoms with Gasteiger partial charge in [0.25, 0.3) is 0 Å². The lowest BCUT2D eigenvalue weighted by molar-refractivity contribution is -0.384. The van der Waals surface area contributed by atoms with Crippen LogP contribution in [0.15, 0.2) is 6.20 Å². The summed E-state index contributed by atoms with van der Waals surface area (Å²) in [5, 5.41) is 17.8. The lowest BCUT2D eigenvalue weighted by atomic mass is 9.83. The van der Waals surface area contributed by atoms with Crippen LogP contribution in [0.2, 0.25) is 0 Å². The van der Waals surface area contributed by atoms with Crippen LogP contribution in [0.5, 0.6) is 0 Å². The molecule has 1 heterocycles. The van der Waals surface area contributed by atoms with Gasteiger partial charge in [0, 0.05) is 13.6 Å². The second-order valence-corrected chi connectivity index (χ2v) is 4.31. The Labute approximate surface area is 93.8 Å². The first-order valence-corrected chi connectivity index (χ1v) is 5.58. The number of hydrogen-bond acceptors (Lipinski definition) is 4. The van der Waals surface area contributed by atoms with Crippen molar-refractivity contribution >= 4 is 11.5 Å². The Balaban J connectivity index is 1.89. The van der Waals surface area contributed by atoms with E-state index in [0.717, 1.165) is 18.9 Å². The largest absolute Gasteiger partial charge is 0.363 e. The zero-order chi connectivity index (χ0) is 11.5. The Kier molecular flexibility index (Phi) is 3.07. The minimum atomic E-state index is -0.404. The second-order valence-electron chi connectivity index (χ2n) is 4.31. The average molecular weight is 224 g/mol. The molecule has 0 atom stereocenters. The molecule has 16 heavy (non-hydrogen) atoms. The van der Waals surface area contributed by atoms with Crippen molar-refractivity contribution in [3.8, 4) is 0 Å². The van der Waals surface area contributed by atoms with Gasteiger partial charge >= 0.3 is 5.69 Å². The zero-order valence-electron chi connectivity index (χ0n) is 9.35. The van der Waals surface area contributed by atoms with Crippen LogP contribution in [0.25, 0.3) is 0 Å². The Hall–Kier alpha value is -1.59. The minimum Gasteiger partial charge on any atom is -0.363 e. The van der Waals surface area contributed by atoms with Gasteiger partial charge in [0.05, 0.1) is 4.92 Å². The molecule has 0 aromatic carbocycles. The molecule has 0 unspecified atom stereocenters. The first-order valence-electron chi connectivity index (χ1n) is 5.58. The summed E-state index contributed by atoms with van der Waals surface area (Å²) in [6.07, 6.45) is 6.42. The van der Waals surface area contributed by atoms with Crippen LogP contribution in [0.3, 0.4) is 0 Å². The number of nitrogens with zero attached hydrogens (tertiary/aromatic N) is 3. The summed E-state index contributed by atoms with van der Waals surface area (Å²) in [5.41, 5.74) is 0.0520. The van der Waals surface area contributed by atoms with E-state index in [0.29, 0.717) is 5.82 Å². The van der Waals surface area contributed by atoms with Gasteiger partial charge in [-0.15, -0.1) is 5.10 Å². The smallest absolute Gasteiger partial charge is 0.330 e. The quantitative estimate of drug-likeness (QED) is 0.612. The maximum absolute atomic E-state index is 10.7. The highest BCUT2D eigenvalue weighted by molar-refractivity contribution is 5.54. The van der Waals surface area contributed by atoms with Crippen molar-refractivity contribution in [3.63, 3.8) is 0 Å². The van der Waals surface area contributed by atoms with Crippen LogP contribution in [-0.4, -0.2) is 21.2 Å². The fourth-order valence-electron chi connectivity index (χ4n) is 1.91. The molecule has 0 spiro atoms. The van der Waals surface area contributed by atoms with Crippen LogP contribution in [0.4, 0.5) is 11.5 Å². The molecule has 6 heteroatoms. The van der Waals surface area contributed by atoms with Gasteiger partial charge in [0.2, 0.25) is 5.82 Å². The molecule has 1 aromatic heterocycles. The number of nitrogens with one attached hydrogen (secondary N) is 1. The lowest BCUT2D eigenvalue weighted by Gasteiger charge is -2.24. The average Bonchev–Trinajstić information content (AvgIpc) is 2.51. The van der Waals surface area contributed by atoms with E-state index in [9.17, 15) is 10.1 Å². The molecule has 0 radical (unpaired) electrons. The molecule has 1 N–H and O–H groups in total. The van der Waals surface area contributed by atoms with Crippen LogP contribution in [0.1, 0.15) is 25.7 Å². The summed E-state index contributed by atoms with van der Waals surface area (Å²) in [7, 11) is 1.68. The summed E-state index contributed by atoms with van der Waals surface area (Å²) >= 11 is 0. The molecule has 1 aliphatic rings. The number of aryl methyl sites for hydroxylation is 1. The van der Waals surface area contributed by atoms with Crippen LogP contribution in [-0.2, 0) is 7.05 Å². The molecule has 6 nitrogen and oxygen atoms in total. The van der Waals surface area contributed by atoms with Gasteiger partial charge in [-0.25, -0.2) is 0 Å². The van der Waals surface area contributed by atoms with Crippen LogP contribution >= 0.6 is 0 Å². The Morgan fingerprint density at radius 1 is 1.69 bits per heavy atom. The number of nitro groups is 1. The van der Waals surface area contributed by atoms with Crippen LogP contribution < -0.4 is 5.32 Å². The standard InChI is InChI=1S/C10H16N4O2/c1-13-7-9(14(15)16)10(12-13)11-6-5-8-3-2-4-8/h7-8H,2-6H2,1H3,(H,11,12). The predicted octanol–water partition coefficient (Wildman–Crippen LogP) is 1.93. The molecule has 0 amide bonds. The van der Waals surface area contributed by atoms with Gasteiger partial charge in [-0.3, -0.25) is 14.8 Å². The summed E-state index contributed by atoms with van der Waals surface area (Å²) in [6.45, 7) is 0.766. The third-order valence-corrected chi connectivity index (χ3v) is 3.08. The number of rotatable bonds is 5. The van der Waals surface area contributed by atoms with Crippen molar-refractivity contribution in [2.24, 2.45) is 13.0 Å². The molecule has 0 aliphatic heterocycles. The highest BCUT2D eigenvalue weighted by Crippen LogP contribution is 2.29. The van der Waals surface area contributed by atoms with E-state index < -0.39 is 4.92 Å². The minimum absolute atomic E-state index is 0.0520. The molecular formula is C10H16N4O2. The highest BCUT2D eigenvalue weighted by atomic mass is 16.6. The van der Waals surface area contributed by atoms with E-state index in [-0.39, 0.29) is 5.69 Å². The fraction of sp³-hybridized carbons (Fsp3) is 0.700. The summed E-state index contributed by atoms with van der Waals surface area (Å²) < 4.78 is 1.46. The molecule has 88 valence electrons. The van der Waals surface area contributed by atoms with Gasteiger partial charge in [-0.1, -0.05) is 19.3 Å². The van der Waals surface area contributed by atoms with Crippen molar-refractivity contribution in [1.29, 1.82) is 0 Å².